The number of aromatic nitrogens is 2. The second kappa shape index (κ2) is 8.18. The second-order valence-electron chi connectivity index (χ2n) is 7.22. The first-order chi connectivity index (χ1) is 12.8. The highest BCUT2D eigenvalue weighted by Gasteiger charge is 2.28. The number of fused-ring (bicyclic) bond motifs is 1. The summed E-state index contributed by atoms with van der Waals surface area (Å²) in [6.45, 7) is 5.21. The molecule has 0 bridgehead atoms. The summed E-state index contributed by atoms with van der Waals surface area (Å²) in [6, 6.07) is 7.88. The molecule has 1 unspecified atom stereocenters. The maximum absolute atomic E-state index is 13.7. The van der Waals surface area contributed by atoms with Gasteiger partial charge in [-0.2, -0.15) is 0 Å². The molecule has 0 amide bonds. The van der Waals surface area contributed by atoms with Gasteiger partial charge in [-0.1, -0.05) is 0 Å². The predicted octanol–water partition coefficient (Wildman–Crippen LogP) is 3.10. The van der Waals surface area contributed by atoms with Crippen molar-refractivity contribution in [2.45, 2.75) is 38.4 Å². The predicted molar refractivity (Wildman–Crippen MR) is 96.5 cm³/mol. The molecule has 0 spiro atoms. The minimum Gasteiger partial charge on any atom is -0.476 e. The molecule has 1 atom stereocenters. The molecule has 4 rings (SSSR count). The van der Waals surface area contributed by atoms with Crippen LogP contribution in [-0.2, 0) is 17.8 Å². The Kier molecular flexibility index (Phi) is 5.51. The summed E-state index contributed by atoms with van der Waals surface area (Å²) in [5.74, 6) is 0.173. The van der Waals surface area contributed by atoms with Crippen LogP contribution in [0.25, 0.3) is 0 Å². The van der Waals surface area contributed by atoms with Crippen LogP contribution in [0.5, 0.6) is 5.88 Å². The van der Waals surface area contributed by atoms with Crippen LogP contribution >= 0.6 is 0 Å². The Hall–Kier alpha value is -1.92. The first-order valence-electron chi connectivity index (χ1n) is 9.49. The normalized spacial score (nSPS) is 22.0. The van der Waals surface area contributed by atoms with Gasteiger partial charge < -0.3 is 14.0 Å². The van der Waals surface area contributed by atoms with Gasteiger partial charge in [0, 0.05) is 57.0 Å². The van der Waals surface area contributed by atoms with E-state index in [-0.39, 0.29) is 5.88 Å². The highest BCUT2D eigenvalue weighted by molar-refractivity contribution is 5.12. The van der Waals surface area contributed by atoms with Crippen LogP contribution in [0.1, 0.15) is 25.0 Å². The molecule has 0 saturated carbocycles. The molecule has 2 aromatic rings. The third-order valence-electron chi connectivity index (χ3n) is 5.43. The number of hydrogen-bond acceptors (Lipinski definition) is 4. The van der Waals surface area contributed by atoms with Gasteiger partial charge >= 0.3 is 0 Å². The quantitative estimate of drug-likeness (QED) is 0.822. The Bertz CT molecular complexity index is 715. The highest BCUT2D eigenvalue weighted by atomic mass is 19.1. The van der Waals surface area contributed by atoms with Gasteiger partial charge in [-0.15, -0.1) is 0 Å². The van der Waals surface area contributed by atoms with E-state index in [0.29, 0.717) is 18.6 Å². The molecule has 1 fully saturated rings. The molecule has 0 N–H and O–H groups in total. The number of ether oxygens (including phenoxy) is 2. The van der Waals surface area contributed by atoms with Gasteiger partial charge in [-0.3, -0.25) is 4.90 Å². The van der Waals surface area contributed by atoms with Crippen molar-refractivity contribution in [3.05, 3.63) is 48.2 Å². The largest absolute Gasteiger partial charge is 0.476 e. The number of rotatable bonds is 5. The zero-order valence-corrected chi connectivity index (χ0v) is 15.0. The second-order valence-corrected chi connectivity index (χ2v) is 7.22. The molecule has 4 heterocycles. The smallest absolute Gasteiger partial charge is 0.250 e. The van der Waals surface area contributed by atoms with Crippen LogP contribution in [-0.4, -0.2) is 46.9 Å². The zero-order chi connectivity index (χ0) is 17.8. The highest BCUT2D eigenvalue weighted by Crippen LogP contribution is 2.25. The van der Waals surface area contributed by atoms with E-state index >= 15 is 0 Å². The molecule has 0 radical (unpaired) electrons. The van der Waals surface area contributed by atoms with E-state index in [4.69, 9.17) is 9.47 Å². The van der Waals surface area contributed by atoms with Crippen molar-refractivity contribution in [3.63, 3.8) is 0 Å². The van der Waals surface area contributed by atoms with Gasteiger partial charge in [0.1, 0.15) is 0 Å². The van der Waals surface area contributed by atoms with Crippen molar-refractivity contribution < 1.29 is 13.9 Å². The molecule has 6 heteroatoms. The molecular weight excluding hydrogens is 333 g/mol. The van der Waals surface area contributed by atoms with E-state index < -0.39 is 5.82 Å². The maximum Gasteiger partial charge on any atom is 0.250 e. The van der Waals surface area contributed by atoms with E-state index in [9.17, 15) is 4.39 Å². The lowest BCUT2D eigenvalue weighted by atomic mass is 10.0. The molecule has 1 saturated heterocycles. The molecule has 26 heavy (non-hydrogen) atoms. The van der Waals surface area contributed by atoms with Crippen molar-refractivity contribution in [3.8, 4) is 5.88 Å². The molecule has 0 aromatic carbocycles. The van der Waals surface area contributed by atoms with Gasteiger partial charge in [0.2, 0.25) is 5.88 Å². The van der Waals surface area contributed by atoms with Crippen molar-refractivity contribution in [2.24, 2.45) is 5.92 Å². The summed E-state index contributed by atoms with van der Waals surface area (Å²) in [6.07, 6.45) is 6.80. The molecule has 2 aromatic heterocycles. The van der Waals surface area contributed by atoms with Crippen molar-refractivity contribution in [1.29, 1.82) is 0 Å². The van der Waals surface area contributed by atoms with Crippen molar-refractivity contribution in [2.75, 3.05) is 26.4 Å². The summed E-state index contributed by atoms with van der Waals surface area (Å²) in [5, 5.41) is 0. The lowest BCUT2D eigenvalue weighted by Gasteiger charge is -2.34. The molecule has 0 aliphatic carbocycles. The summed E-state index contributed by atoms with van der Waals surface area (Å²) in [4.78, 5) is 6.57. The topological polar surface area (TPSA) is 39.5 Å². The summed E-state index contributed by atoms with van der Waals surface area (Å²) >= 11 is 0. The van der Waals surface area contributed by atoms with E-state index in [1.165, 1.54) is 11.8 Å². The summed E-state index contributed by atoms with van der Waals surface area (Å²) in [7, 11) is 0. The van der Waals surface area contributed by atoms with Crippen molar-refractivity contribution >= 4 is 0 Å². The SMILES string of the molecule is Fc1cccnc1OCCC1CN(C2CCOCC2)Cc2cccn2C1. The van der Waals surface area contributed by atoms with E-state index in [2.05, 4.69) is 32.8 Å². The van der Waals surface area contributed by atoms with Crippen molar-refractivity contribution in [1.82, 2.24) is 14.5 Å². The molecular formula is C20H26FN3O2. The van der Waals surface area contributed by atoms with E-state index in [1.54, 1.807) is 12.3 Å². The fraction of sp³-hybridized carbons (Fsp3) is 0.550. The Morgan fingerprint density at radius 1 is 1.19 bits per heavy atom. The minimum absolute atomic E-state index is 0.101. The average molecular weight is 359 g/mol. The van der Waals surface area contributed by atoms with Crippen LogP contribution in [0.4, 0.5) is 4.39 Å². The van der Waals surface area contributed by atoms with Gasteiger partial charge in [-0.25, -0.2) is 9.37 Å². The number of nitrogens with zero attached hydrogens (tertiary/aromatic N) is 3. The Morgan fingerprint density at radius 3 is 2.92 bits per heavy atom. The van der Waals surface area contributed by atoms with E-state index in [1.807, 2.05) is 0 Å². The first-order valence-corrected chi connectivity index (χ1v) is 9.49. The van der Waals surface area contributed by atoms with Gasteiger partial charge in [0.15, 0.2) is 5.82 Å². The molecule has 2 aliphatic rings. The number of halogens is 1. The zero-order valence-electron chi connectivity index (χ0n) is 15.0. The lowest BCUT2D eigenvalue weighted by Crippen LogP contribution is -2.41. The molecule has 2 aliphatic heterocycles. The number of hydrogen-bond donors (Lipinski definition) is 0. The van der Waals surface area contributed by atoms with Crippen LogP contribution in [0, 0.1) is 11.7 Å². The van der Waals surface area contributed by atoms with Gasteiger partial charge in [0.25, 0.3) is 0 Å². The standard InChI is InChI=1S/C20H26FN3O2/c21-19-4-1-8-22-20(19)26-12-5-16-13-23-9-2-3-18(23)15-24(14-16)17-6-10-25-11-7-17/h1-4,8-9,16-17H,5-7,10-15H2. The third-order valence-corrected chi connectivity index (χ3v) is 5.43. The Labute approximate surface area is 153 Å². The molecule has 5 nitrogen and oxygen atoms in total. The maximum atomic E-state index is 13.7. The van der Waals surface area contributed by atoms with Crippen LogP contribution in [0.3, 0.4) is 0 Å². The third kappa shape index (κ3) is 4.07. The Balaban J connectivity index is 1.40. The Morgan fingerprint density at radius 2 is 2.08 bits per heavy atom. The van der Waals surface area contributed by atoms with Gasteiger partial charge in [-0.05, 0) is 49.4 Å². The lowest BCUT2D eigenvalue weighted by molar-refractivity contribution is 0.0252. The minimum atomic E-state index is -0.398. The first kappa shape index (κ1) is 17.5. The van der Waals surface area contributed by atoms with E-state index in [0.717, 1.165) is 52.1 Å². The van der Waals surface area contributed by atoms with Crippen LogP contribution < -0.4 is 4.74 Å². The molecule has 140 valence electrons. The van der Waals surface area contributed by atoms with Gasteiger partial charge in [0.05, 0.1) is 6.61 Å². The fourth-order valence-corrected chi connectivity index (χ4v) is 4.02. The monoisotopic (exact) mass is 359 g/mol. The van der Waals surface area contributed by atoms with Crippen LogP contribution in [0.2, 0.25) is 0 Å². The van der Waals surface area contributed by atoms with Crippen LogP contribution in [0.15, 0.2) is 36.7 Å². The average Bonchev–Trinajstić information content (AvgIpc) is 3.02. The fourth-order valence-electron chi connectivity index (χ4n) is 4.02. The summed E-state index contributed by atoms with van der Waals surface area (Å²) in [5.41, 5.74) is 1.37. The number of pyridine rings is 1. The summed E-state index contributed by atoms with van der Waals surface area (Å²) < 4.78 is 27.2.